The largest absolute Gasteiger partial charge is 0.356 e. The van der Waals surface area contributed by atoms with Crippen LogP contribution >= 0.6 is 0 Å². The van der Waals surface area contributed by atoms with Gasteiger partial charge in [-0.3, -0.25) is 14.5 Å². The van der Waals surface area contributed by atoms with Crippen LogP contribution in [-0.2, 0) is 9.59 Å². The van der Waals surface area contributed by atoms with Crippen molar-refractivity contribution in [3.63, 3.8) is 0 Å². The Morgan fingerprint density at radius 2 is 1.67 bits per heavy atom. The van der Waals surface area contributed by atoms with E-state index in [0.29, 0.717) is 12.6 Å². The van der Waals surface area contributed by atoms with Gasteiger partial charge in [-0.25, -0.2) is 0 Å². The fraction of sp³-hybridized carbons (Fsp3) is 0.895. The quantitative estimate of drug-likeness (QED) is 0.731. The standard InChI is InChI=1S/C19H33N3O2/c23-18(21-17-7-3-1-2-4-8-17)14-22-11-5-6-16(13-22)19(24)20-12-15-9-10-15/h15-17H,1-14H2,(H,20,24)(H,21,23)/t16-/m0/s1. The van der Waals surface area contributed by atoms with Crippen LogP contribution in [0.5, 0.6) is 0 Å². The summed E-state index contributed by atoms with van der Waals surface area (Å²) in [5.74, 6) is 1.11. The second-order valence-corrected chi connectivity index (χ2v) is 8.02. The Labute approximate surface area is 145 Å². The van der Waals surface area contributed by atoms with Crippen LogP contribution in [0, 0.1) is 11.8 Å². The molecule has 2 aliphatic carbocycles. The first kappa shape index (κ1) is 17.7. The number of hydrogen-bond donors (Lipinski definition) is 2. The molecule has 0 spiro atoms. The molecule has 0 aromatic carbocycles. The summed E-state index contributed by atoms with van der Waals surface area (Å²) in [6, 6.07) is 0.363. The van der Waals surface area contributed by atoms with Crippen molar-refractivity contribution in [1.82, 2.24) is 15.5 Å². The van der Waals surface area contributed by atoms with Crippen LogP contribution in [0.25, 0.3) is 0 Å². The zero-order valence-corrected chi connectivity index (χ0v) is 14.9. The minimum absolute atomic E-state index is 0.0585. The molecule has 5 nitrogen and oxygen atoms in total. The average molecular weight is 335 g/mol. The van der Waals surface area contributed by atoms with Gasteiger partial charge in [-0.2, -0.15) is 0 Å². The SMILES string of the molecule is O=C(CN1CCC[C@H](C(=O)NCC2CC2)C1)NC1CCCCCC1. The maximum Gasteiger partial charge on any atom is 0.234 e. The van der Waals surface area contributed by atoms with Crippen molar-refractivity contribution in [2.45, 2.75) is 70.3 Å². The highest BCUT2D eigenvalue weighted by atomic mass is 16.2. The molecule has 5 heteroatoms. The van der Waals surface area contributed by atoms with E-state index in [9.17, 15) is 9.59 Å². The molecular formula is C19H33N3O2. The molecule has 0 aromatic rings. The van der Waals surface area contributed by atoms with Crippen molar-refractivity contribution in [3.05, 3.63) is 0 Å². The molecule has 0 bridgehead atoms. The Morgan fingerprint density at radius 1 is 0.917 bits per heavy atom. The van der Waals surface area contributed by atoms with Crippen molar-refractivity contribution < 1.29 is 9.59 Å². The van der Waals surface area contributed by atoms with E-state index in [4.69, 9.17) is 0 Å². The Morgan fingerprint density at radius 3 is 2.38 bits per heavy atom. The summed E-state index contributed by atoms with van der Waals surface area (Å²) in [6.45, 7) is 2.96. The van der Waals surface area contributed by atoms with Gasteiger partial charge in [0.1, 0.15) is 0 Å². The molecule has 24 heavy (non-hydrogen) atoms. The van der Waals surface area contributed by atoms with Crippen molar-refractivity contribution in [2.75, 3.05) is 26.2 Å². The van der Waals surface area contributed by atoms with E-state index in [1.54, 1.807) is 0 Å². The average Bonchev–Trinajstić information content (AvgIpc) is 3.40. The summed E-state index contributed by atoms with van der Waals surface area (Å²) in [6.07, 6.45) is 11.8. The number of likely N-dealkylation sites (tertiary alicyclic amines) is 1. The predicted octanol–water partition coefficient (Wildman–Crippen LogP) is 2.06. The number of nitrogens with one attached hydrogen (secondary N) is 2. The monoisotopic (exact) mass is 335 g/mol. The summed E-state index contributed by atoms with van der Waals surface area (Å²) in [5, 5.41) is 6.31. The summed E-state index contributed by atoms with van der Waals surface area (Å²) in [5.41, 5.74) is 0. The number of piperidine rings is 1. The van der Waals surface area contributed by atoms with Gasteiger partial charge < -0.3 is 10.6 Å². The van der Waals surface area contributed by atoms with Gasteiger partial charge in [0.05, 0.1) is 12.5 Å². The maximum atomic E-state index is 12.3. The van der Waals surface area contributed by atoms with E-state index in [1.165, 1.54) is 38.5 Å². The van der Waals surface area contributed by atoms with E-state index in [2.05, 4.69) is 15.5 Å². The Balaban J connectivity index is 1.38. The lowest BCUT2D eigenvalue weighted by Crippen LogP contribution is -2.48. The van der Waals surface area contributed by atoms with E-state index >= 15 is 0 Å². The normalized spacial score (nSPS) is 26.6. The first-order valence-electron chi connectivity index (χ1n) is 10.00. The summed E-state index contributed by atoms with van der Waals surface area (Å²) >= 11 is 0. The molecule has 3 aliphatic rings. The Hall–Kier alpha value is -1.10. The lowest BCUT2D eigenvalue weighted by molar-refractivity contribution is -0.129. The van der Waals surface area contributed by atoms with Crippen molar-refractivity contribution in [2.24, 2.45) is 11.8 Å². The fourth-order valence-electron chi connectivity index (χ4n) is 4.02. The van der Waals surface area contributed by atoms with Crippen molar-refractivity contribution in [1.29, 1.82) is 0 Å². The smallest absolute Gasteiger partial charge is 0.234 e. The van der Waals surface area contributed by atoms with E-state index in [-0.39, 0.29) is 17.7 Å². The zero-order chi connectivity index (χ0) is 16.8. The van der Waals surface area contributed by atoms with Gasteiger partial charge in [0.25, 0.3) is 0 Å². The fourth-order valence-corrected chi connectivity index (χ4v) is 4.02. The predicted molar refractivity (Wildman–Crippen MR) is 94.5 cm³/mol. The molecular weight excluding hydrogens is 302 g/mol. The lowest BCUT2D eigenvalue weighted by atomic mass is 9.97. The van der Waals surface area contributed by atoms with Crippen LogP contribution in [0.3, 0.4) is 0 Å². The second-order valence-electron chi connectivity index (χ2n) is 8.02. The first-order valence-corrected chi connectivity index (χ1v) is 10.00. The van der Waals surface area contributed by atoms with E-state index in [0.717, 1.165) is 51.2 Å². The number of nitrogens with zero attached hydrogens (tertiary/aromatic N) is 1. The number of carbonyl (C=O) groups is 2. The Bertz CT molecular complexity index is 428. The highest BCUT2D eigenvalue weighted by Gasteiger charge is 2.29. The molecule has 1 atom stereocenters. The molecule has 2 N–H and O–H groups in total. The second kappa shape index (κ2) is 8.84. The van der Waals surface area contributed by atoms with Gasteiger partial charge in [0.15, 0.2) is 0 Å². The van der Waals surface area contributed by atoms with Crippen molar-refractivity contribution >= 4 is 11.8 Å². The Kier molecular flexibility index (Phi) is 6.52. The number of rotatable bonds is 6. The van der Waals surface area contributed by atoms with Crippen LogP contribution in [0.2, 0.25) is 0 Å². The molecule has 0 unspecified atom stereocenters. The van der Waals surface area contributed by atoms with Gasteiger partial charge in [0.2, 0.25) is 11.8 Å². The number of carbonyl (C=O) groups excluding carboxylic acids is 2. The molecule has 1 saturated heterocycles. The number of hydrogen-bond acceptors (Lipinski definition) is 3. The van der Waals surface area contributed by atoms with Crippen LogP contribution in [0.1, 0.15) is 64.2 Å². The molecule has 2 amide bonds. The highest BCUT2D eigenvalue weighted by molar-refractivity contribution is 5.80. The van der Waals surface area contributed by atoms with Crippen LogP contribution < -0.4 is 10.6 Å². The topological polar surface area (TPSA) is 61.4 Å². The molecule has 3 fully saturated rings. The molecule has 0 aromatic heterocycles. The van der Waals surface area contributed by atoms with Crippen LogP contribution in [0.15, 0.2) is 0 Å². The minimum atomic E-state index is 0.0585. The molecule has 136 valence electrons. The highest BCUT2D eigenvalue weighted by Crippen LogP contribution is 2.28. The van der Waals surface area contributed by atoms with Gasteiger partial charge in [0, 0.05) is 19.1 Å². The van der Waals surface area contributed by atoms with Gasteiger partial charge in [-0.1, -0.05) is 25.7 Å². The first-order chi connectivity index (χ1) is 11.7. The zero-order valence-electron chi connectivity index (χ0n) is 14.9. The summed E-state index contributed by atoms with van der Waals surface area (Å²) < 4.78 is 0. The third-order valence-electron chi connectivity index (χ3n) is 5.73. The lowest BCUT2D eigenvalue weighted by Gasteiger charge is -2.32. The van der Waals surface area contributed by atoms with Crippen molar-refractivity contribution in [3.8, 4) is 0 Å². The maximum absolute atomic E-state index is 12.3. The molecule has 1 heterocycles. The third-order valence-corrected chi connectivity index (χ3v) is 5.73. The molecule has 1 aliphatic heterocycles. The minimum Gasteiger partial charge on any atom is -0.356 e. The van der Waals surface area contributed by atoms with Gasteiger partial charge >= 0.3 is 0 Å². The van der Waals surface area contributed by atoms with Crippen LogP contribution in [-0.4, -0.2) is 48.9 Å². The van der Waals surface area contributed by atoms with Gasteiger partial charge in [-0.05, 0) is 51.0 Å². The van der Waals surface area contributed by atoms with Crippen LogP contribution in [0.4, 0.5) is 0 Å². The van der Waals surface area contributed by atoms with E-state index < -0.39 is 0 Å². The summed E-state index contributed by atoms with van der Waals surface area (Å²) in [7, 11) is 0. The molecule has 0 radical (unpaired) electrons. The van der Waals surface area contributed by atoms with Gasteiger partial charge in [-0.15, -0.1) is 0 Å². The molecule has 2 saturated carbocycles. The number of amides is 2. The van der Waals surface area contributed by atoms with E-state index in [1.807, 2.05) is 0 Å². The molecule has 3 rings (SSSR count). The third kappa shape index (κ3) is 5.76. The summed E-state index contributed by atoms with van der Waals surface area (Å²) in [4.78, 5) is 26.8.